The largest absolute Gasteiger partial charge is 0.466 e. The maximum absolute atomic E-state index is 13.1. The molecule has 1 aliphatic carbocycles. The highest BCUT2D eigenvalue weighted by atomic mass is 79.9. The lowest BCUT2D eigenvalue weighted by Crippen LogP contribution is -2.28. The van der Waals surface area contributed by atoms with Crippen molar-refractivity contribution < 1.29 is 13.9 Å². The van der Waals surface area contributed by atoms with E-state index in [-0.39, 0.29) is 23.6 Å². The van der Waals surface area contributed by atoms with Crippen molar-refractivity contribution in [2.24, 2.45) is 5.92 Å². The van der Waals surface area contributed by atoms with Crippen LogP contribution in [0.5, 0.6) is 0 Å². The van der Waals surface area contributed by atoms with Crippen molar-refractivity contribution in [2.45, 2.75) is 38.5 Å². The molecule has 0 radical (unpaired) electrons. The Morgan fingerprint density at radius 1 is 1.33 bits per heavy atom. The Kier molecular flexibility index (Phi) is 5.33. The van der Waals surface area contributed by atoms with Crippen LogP contribution in [0.15, 0.2) is 34.9 Å². The summed E-state index contributed by atoms with van der Waals surface area (Å²) in [7, 11) is 0. The summed E-state index contributed by atoms with van der Waals surface area (Å²) in [5.74, 6) is -0.509. The van der Waals surface area contributed by atoms with Crippen molar-refractivity contribution in [3.8, 4) is 5.69 Å². The topological polar surface area (TPSA) is 44.1 Å². The molecule has 0 spiro atoms. The Balaban J connectivity index is 1.90. The zero-order chi connectivity index (χ0) is 17.1. The van der Waals surface area contributed by atoms with Crippen LogP contribution < -0.4 is 0 Å². The van der Waals surface area contributed by atoms with Gasteiger partial charge in [0.05, 0.1) is 28.4 Å². The summed E-state index contributed by atoms with van der Waals surface area (Å²) >= 11 is 3.57. The number of carbonyl (C=O) groups is 1. The van der Waals surface area contributed by atoms with Gasteiger partial charge in [-0.25, -0.2) is 9.07 Å². The smallest absolute Gasteiger partial charge is 0.309 e. The molecule has 2 atom stereocenters. The van der Waals surface area contributed by atoms with Crippen LogP contribution in [-0.2, 0) is 9.53 Å². The number of ether oxygens (including phenoxy) is 1. The molecule has 128 valence electrons. The Morgan fingerprint density at radius 2 is 2.04 bits per heavy atom. The average molecular weight is 395 g/mol. The average Bonchev–Trinajstić information content (AvgIpc) is 2.97. The monoisotopic (exact) mass is 394 g/mol. The Labute approximate surface area is 149 Å². The van der Waals surface area contributed by atoms with Gasteiger partial charge in [0.1, 0.15) is 5.82 Å². The van der Waals surface area contributed by atoms with Crippen LogP contribution in [0, 0.1) is 11.7 Å². The molecule has 1 heterocycles. The van der Waals surface area contributed by atoms with Crippen LogP contribution >= 0.6 is 15.9 Å². The van der Waals surface area contributed by atoms with Gasteiger partial charge in [0.25, 0.3) is 0 Å². The van der Waals surface area contributed by atoms with Gasteiger partial charge in [-0.1, -0.05) is 12.8 Å². The predicted octanol–water partition coefficient (Wildman–Crippen LogP) is 4.61. The van der Waals surface area contributed by atoms with E-state index in [0.717, 1.165) is 41.5 Å². The lowest BCUT2D eigenvalue weighted by Gasteiger charge is -2.28. The number of aromatic nitrogens is 2. The summed E-state index contributed by atoms with van der Waals surface area (Å²) in [4.78, 5) is 12.3. The fourth-order valence-electron chi connectivity index (χ4n) is 3.33. The third-order valence-corrected chi connectivity index (χ3v) is 5.10. The second-order valence-electron chi connectivity index (χ2n) is 6.03. The molecule has 0 bridgehead atoms. The second kappa shape index (κ2) is 7.47. The number of hydrogen-bond acceptors (Lipinski definition) is 3. The lowest BCUT2D eigenvalue weighted by molar-refractivity contribution is -0.149. The van der Waals surface area contributed by atoms with Gasteiger partial charge in [0.15, 0.2) is 0 Å². The minimum absolute atomic E-state index is 0.0499. The molecule has 6 heteroatoms. The van der Waals surface area contributed by atoms with E-state index >= 15 is 0 Å². The molecule has 2 unspecified atom stereocenters. The fourth-order valence-corrected chi connectivity index (χ4v) is 3.90. The van der Waals surface area contributed by atoms with Gasteiger partial charge in [-0.05, 0) is 60.0 Å². The first-order valence-electron chi connectivity index (χ1n) is 8.27. The highest BCUT2D eigenvalue weighted by Crippen LogP contribution is 2.40. The molecule has 3 rings (SSSR count). The van der Waals surface area contributed by atoms with E-state index in [2.05, 4.69) is 21.0 Å². The number of carbonyl (C=O) groups excluding carboxylic acids is 1. The molecule has 4 nitrogen and oxygen atoms in total. The number of rotatable bonds is 4. The van der Waals surface area contributed by atoms with Gasteiger partial charge < -0.3 is 4.74 Å². The molecule has 0 aliphatic heterocycles. The normalized spacial score (nSPS) is 20.8. The van der Waals surface area contributed by atoms with E-state index < -0.39 is 0 Å². The Hall–Kier alpha value is -1.69. The van der Waals surface area contributed by atoms with Gasteiger partial charge >= 0.3 is 5.97 Å². The van der Waals surface area contributed by atoms with Crippen molar-refractivity contribution in [1.29, 1.82) is 0 Å². The van der Waals surface area contributed by atoms with Crippen LogP contribution in [0.1, 0.15) is 44.2 Å². The maximum atomic E-state index is 13.1. The third kappa shape index (κ3) is 3.53. The van der Waals surface area contributed by atoms with Crippen LogP contribution in [0.25, 0.3) is 5.69 Å². The molecular formula is C18H20BrFN2O2. The molecule has 24 heavy (non-hydrogen) atoms. The number of benzene rings is 1. The highest BCUT2D eigenvalue weighted by Gasteiger charge is 2.35. The minimum atomic E-state index is -0.278. The molecule has 1 saturated carbocycles. The van der Waals surface area contributed by atoms with E-state index in [1.165, 1.54) is 12.1 Å². The quantitative estimate of drug-likeness (QED) is 0.711. The minimum Gasteiger partial charge on any atom is -0.466 e. The Bertz CT molecular complexity index is 714. The van der Waals surface area contributed by atoms with Crippen molar-refractivity contribution >= 4 is 21.9 Å². The number of esters is 1. The molecule has 0 saturated heterocycles. The van der Waals surface area contributed by atoms with E-state index in [9.17, 15) is 9.18 Å². The molecule has 1 aromatic heterocycles. The summed E-state index contributed by atoms with van der Waals surface area (Å²) in [6, 6.07) is 6.18. The van der Waals surface area contributed by atoms with E-state index in [1.54, 1.807) is 16.8 Å². The summed E-state index contributed by atoms with van der Waals surface area (Å²) in [5.41, 5.74) is 1.66. The molecule has 0 N–H and O–H groups in total. The van der Waals surface area contributed by atoms with Crippen molar-refractivity contribution in [3.63, 3.8) is 0 Å². The van der Waals surface area contributed by atoms with Crippen LogP contribution in [0.3, 0.4) is 0 Å². The summed E-state index contributed by atoms with van der Waals surface area (Å²) in [6.07, 6.45) is 5.73. The standard InChI is InChI=1S/C18H20BrFN2O2/c1-2-24-18(23)15-6-4-3-5-14(15)17-16(19)11-22(21-17)13-9-7-12(20)8-10-13/h7-11,14-15H,2-6H2,1H3. The molecule has 0 amide bonds. The first-order valence-corrected chi connectivity index (χ1v) is 9.07. The van der Waals surface area contributed by atoms with Crippen molar-refractivity contribution in [1.82, 2.24) is 9.78 Å². The summed E-state index contributed by atoms with van der Waals surface area (Å²) in [5, 5.41) is 4.67. The first-order chi connectivity index (χ1) is 11.6. The van der Waals surface area contributed by atoms with E-state index in [0.29, 0.717) is 6.61 Å². The maximum Gasteiger partial charge on any atom is 0.309 e. The van der Waals surface area contributed by atoms with Gasteiger partial charge in [0, 0.05) is 12.1 Å². The van der Waals surface area contributed by atoms with E-state index in [1.807, 2.05) is 13.1 Å². The molecular weight excluding hydrogens is 375 g/mol. The van der Waals surface area contributed by atoms with Crippen LogP contribution in [0.2, 0.25) is 0 Å². The summed E-state index contributed by atoms with van der Waals surface area (Å²) < 4.78 is 20.9. The SMILES string of the molecule is CCOC(=O)C1CCCCC1c1nn(-c2ccc(F)cc2)cc1Br. The molecule has 1 aromatic carbocycles. The molecule has 2 aromatic rings. The number of halogens is 2. The van der Waals surface area contributed by atoms with Crippen molar-refractivity contribution in [2.75, 3.05) is 6.61 Å². The van der Waals surface area contributed by atoms with Gasteiger partial charge in [-0.15, -0.1) is 0 Å². The Morgan fingerprint density at radius 3 is 2.75 bits per heavy atom. The lowest BCUT2D eigenvalue weighted by atomic mass is 9.77. The zero-order valence-electron chi connectivity index (χ0n) is 13.5. The zero-order valence-corrected chi connectivity index (χ0v) is 15.1. The highest BCUT2D eigenvalue weighted by molar-refractivity contribution is 9.10. The first kappa shape index (κ1) is 17.1. The van der Waals surface area contributed by atoms with Crippen LogP contribution in [0.4, 0.5) is 4.39 Å². The van der Waals surface area contributed by atoms with Crippen LogP contribution in [-0.4, -0.2) is 22.4 Å². The number of hydrogen-bond donors (Lipinski definition) is 0. The second-order valence-corrected chi connectivity index (χ2v) is 6.89. The molecule has 1 fully saturated rings. The van der Waals surface area contributed by atoms with Gasteiger partial charge in [-0.3, -0.25) is 4.79 Å². The number of nitrogens with zero attached hydrogens (tertiary/aromatic N) is 2. The molecule has 1 aliphatic rings. The van der Waals surface area contributed by atoms with Gasteiger partial charge in [-0.2, -0.15) is 5.10 Å². The fraction of sp³-hybridized carbons (Fsp3) is 0.444. The van der Waals surface area contributed by atoms with Crippen molar-refractivity contribution in [3.05, 3.63) is 46.4 Å². The summed E-state index contributed by atoms with van der Waals surface area (Å²) in [6.45, 7) is 2.22. The van der Waals surface area contributed by atoms with E-state index in [4.69, 9.17) is 4.74 Å². The predicted molar refractivity (Wildman–Crippen MR) is 92.6 cm³/mol. The van der Waals surface area contributed by atoms with Gasteiger partial charge in [0.2, 0.25) is 0 Å². The third-order valence-electron chi connectivity index (χ3n) is 4.49.